The summed E-state index contributed by atoms with van der Waals surface area (Å²) < 4.78 is 0. The molecule has 2 heteroatoms. The highest BCUT2D eigenvalue weighted by atomic mass is 15.2. The van der Waals surface area contributed by atoms with E-state index >= 15 is 0 Å². The third kappa shape index (κ3) is 3.39. The van der Waals surface area contributed by atoms with Crippen molar-refractivity contribution in [1.82, 2.24) is 10.2 Å². The lowest BCUT2D eigenvalue weighted by Gasteiger charge is -2.39. The molecule has 2 aliphatic carbocycles. The number of rotatable bonds is 5. The van der Waals surface area contributed by atoms with Crippen LogP contribution in [0.5, 0.6) is 0 Å². The molecule has 0 aromatic carbocycles. The Morgan fingerprint density at radius 1 is 0.950 bits per heavy atom. The Morgan fingerprint density at radius 2 is 1.65 bits per heavy atom. The minimum Gasteiger partial charge on any atom is -0.310 e. The summed E-state index contributed by atoms with van der Waals surface area (Å²) in [7, 11) is 0. The third-order valence-electron chi connectivity index (χ3n) is 6.50. The van der Waals surface area contributed by atoms with Gasteiger partial charge < -0.3 is 5.32 Å². The van der Waals surface area contributed by atoms with Crippen LogP contribution in [0.4, 0.5) is 0 Å². The molecule has 3 fully saturated rings. The van der Waals surface area contributed by atoms with Crippen molar-refractivity contribution in [3.63, 3.8) is 0 Å². The zero-order valence-corrected chi connectivity index (χ0v) is 13.8. The molecule has 2 nitrogen and oxygen atoms in total. The fourth-order valence-electron chi connectivity index (χ4n) is 4.36. The van der Waals surface area contributed by atoms with Crippen LogP contribution in [0, 0.1) is 11.3 Å². The molecule has 0 amide bonds. The highest BCUT2D eigenvalue weighted by molar-refractivity contribution is 4.94. The van der Waals surface area contributed by atoms with E-state index in [1.807, 2.05) is 0 Å². The average Bonchev–Trinajstić information content (AvgIpc) is 3.20. The quantitative estimate of drug-likeness (QED) is 0.822. The summed E-state index contributed by atoms with van der Waals surface area (Å²) in [6.07, 6.45) is 11.3. The van der Waals surface area contributed by atoms with E-state index in [2.05, 4.69) is 31.0 Å². The van der Waals surface area contributed by atoms with Crippen molar-refractivity contribution in [1.29, 1.82) is 0 Å². The summed E-state index contributed by atoms with van der Waals surface area (Å²) in [6, 6.07) is 2.56. The van der Waals surface area contributed by atoms with Gasteiger partial charge in [0.25, 0.3) is 0 Å². The van der Waals surface area contributed by atoms with Crippen LogP contribution in [-0.4, -0.2) is 36.1 Å². The van der Waals surface area contributed by atoms with Gasteiger partial charge in [-0.15, -0.1) is 0 Å². The normalized spacial score (nSPS) is 36.5. The van der Waals surface area contributed by atoms with E-state index in [-0.39, 0.29) is 0 Å². The van der Waals surface area contributed by atoms with Crippen molar-refractivity contribution in [2.24, 2.45) is 11.3 Å². The first kappa shape index (κ1) is 14.8. The lowest BCUT2D eigenvalue weighted by molar-refractivity contribution is 0.134. The molecule has 116 valence electrons. The van der Waals surface area contributed by atoms with Crippen LogP contribution >= 0.6 is 0 Å². The van der Waals surface area contributed by atoms with E-state index < -0.39 is 0 Å². The third-order valence-corrected chi connectivity index (χ3v) is 6.50. The summed E-state index contributed by atoms with van der Waals surface area (Å²) >= 11 is 0. The van der Waals surface area contributed by atoms with Gasteiger partial charge >= 0.3 is 0 Å². The van der Waals surface area contributed by atoms with Gasteiger partial charge in [0.15, 0.2) is 0 Å². The molecular weight excluding hydrogens is 244 g/mol. The van der Waals surface area contributed by atoms with Gasteiger partial charge in [-0.1, -0.05) is 27.2 Å². The van der Waals surface area contributed by atoms with Crippen molar-refractivity contribution in [2.75, 3.05) is 13.1 Å². The summed E-state index contributed by atoms with van der Waals surface area (Å²) in [5, 5.41) is 3.98. The van der Waals surface area contributed by atoms with Crippen LogP contribution in [0.3, 0.4) is 0 Å². The second-order valence-corrected chi connectivity index (χ2v) is 8.27. The molecule has 1 atom stereocenters. The maximum Gasteiger partial charge on any atom is 0.0209 e. The summed E-state index contributed by atoms with van der Waals surface area (Å²) in [5.41, 5.74) is 0.557. The second-order valence-electron chi connectivity index (χ2n) is 8.27. The standard InChI is InChI=1S/C18H34N2/c1-4-18(2,3)14-5-7-15(8-6-14)19-16-11-12-20(13-16)17-9-10-17/h14-17,19H,4-13H2,1-3H3. The molecule has 20 heavy (non-hydrogen) atoms. The Kier molecular flexibility index (Phi) is 4.42. The lowest BCUT2D eigenvalue weighted by Crippen LogP contribution is -2.43. The van der Waals surface area contributed by atoms with Crippen molar-refractivity contribution >= 4 is 0 Å². The molecular formula is C18H34N2. The summed E-state index contributed by atoms with van der Waals surface area (Å²) in [6.45, 7) is 9.97. The molecule has 0 aromatic rings. The number of hydrogen-bond donors (Lipinski definition) is 1. The monoisotopic (exact) mass is 278 g/mol. The maximum atomic E-state index is 3.98. The van der Waals surface area contributed by atoms with Gasteiger partial charge in [0.1, 0.15) is 0 Å². The first-order valence-electron chi connectivity index (χ1n) is 9.08. The predicted octanol–water partition coefficient (Wildman–Crippen LogP) is 3.81. The van der Waals surface area contributed by atoms with E-state index in [9.17, 15) is 0 Å². The first-order chi connectivity index (χ1) is 9.58. The lowest BCUT2D eigenvalue weighted by atomic mass is 9.69. The van der Waals surface area contributed by atoms with Gasteiger partial charge in [0.05, 0.1) is 0 Å². The fourth-order valence-corrected chi connectivity index (χ4v) is 4.36. The van der Waals surface area contributed by atoms with E-state index in [0.29, 0.717) is 5.41 Å². The topological polar surface area (TPSA) is 15.3 Å². The second kappa shape index (κ2) is 5.96. The van der Waals surface area contributed by atoms with Crippen LogP contribution in [0.15, 0.2) is 0 Å². The van der Waals surface area contributed by atoms with Crippen LogP contribution < -0.4 is 5.32 Å². The predicted molar refractivity (Wildman–Crippen MR) is 86.0 cm³/mol. The molecule has 3 rings (SSSR count). The number of hydrogen-bond acceptors (Lipinski definition) is 2. The van der Waals surface area contributed by atoms with Crippen LogP contribution in [0.2, 0.25) is 0 Å². The van der Waals surface area contributed by atoms with E-state index in [1.54, 1.807) is 0 Å². The Hall–Kier alpha value is -0.0800. The molecule has 0 radical (unpaired) electrons. The molecule has 0 aromatic heterocycles. The van der Waals surface area contributed by atoms with Crippen molar-refractivity contribution < 1.29 is 0 Å². The fraction of sp³-hybridized carbons (Fsp3) is 1.00. The molecule has 2 saturated carbocycles. The first-order valence-corrected chi connectivity index (χ1v) is 9.08. The number of nitrogens with zero attached hydrogens (tertiary/aromatic N) is 1. The van der Waals surface area contributed by atoms with Crippen molar-refractivity contribution in [2.45, 2.75) is 90.3 Å². The molecule has 1 saturated heterocycles. The minimum absolute atomic E-state index is 0.557. The van der Waals surface area contributed by atoms with Crippen LogP contribution in [0.1, 0.15) is 72.1 Å². The maximum absolute atomic E-state index is 3.98. The van der Waals surface area contributed by atoms with Gasteiger partial charge in [-0.3, -0.25) is 4.90 Å². The molecule has 1 unspecified atom stereocenters. The molecule has 0 spiro atoms. The van der Waals surface area contributed by atoms with E-state index in [4.69, 9.17) is 0 Å². The van der Waals surface area contributed by atoms with Crippen LogP contribution in [-0.2, 0) is 0 Å². The SMILES string of the molecule is CCC(C)(C)C1CCC(NC2CCN(C3CC3)C2)CC1. The molecule has 3 aliphatic rings. The Labute approximate surface area is 125 Å². The highest BCUT2D eigenvalue weighted by Crippen LogP contribution is 2.40. The van der Waals surface area contributed by atoms with Gasteiger partial charge in [-0.2, -0.15) is 0 Å². The van der Waals surface area contributed by atoms with Crippen molar-refractivity contribution in [3.05, 3.63) is 0 Å². The highest BCUT2D eigenvalue weighted by Gasteiger charge is 2.36. The smallest absolute Gasteiger partial charge is 0.0209 e. The van der Waals surface area contributed by atoms with Gasteiger partial charge in [0.2, 0.25) is 0 Å². The van der Waals surface area contributed by atoms with Crippen LogP contribution in [0.25, 0.3) is 0 Å². The zero-order valence-electron chi connectivity index (χ0n) is 13.8. The number of likely N-dealkylation sites (tertiary alicyclic amines) is 1. The van der Waals surface area contributed by atoms with Crippen molar-refractivity contribution in [3.8, 4) is 0 Å². The Bertz CT molecular complexity index is 313. The molecule has 0 bridgehead atoms. The Balaban J connectivity index is 1.40. The van der Waals surface area contributed by atoms with Gasteiger partial charge in [-0.05, 0) is 56.3 Å². The average molecular weight is 278 g/mol. The van der Waals surface area contributed by atoms with Gasteiger partial charge in [0, 0.05) is 31.2 Å². The largest absolute Gasteiger partial charge is 0.310 e. The molecule has 1 aliphatic heterocycles. The Morgan fingerprint density at radius 3 is 2.25 bits per heavy atom. The molecule has 1 N–H and O–H groups in total. The number of nitrogens with one attached hydrogen (secondary N) is 1. The zero-order chi connectivity index (χ0) is 14.2. The van der Waals surface area contributed by atoms with E-state index in [0.717, 1.165) is 24.0 Å². The molecule has 1 heterocycles. The summed E-state index contributed by atoms with van der Waals surface area (Å²) in [4.78, 5) is 2.73. The van der Waals surface area contributed by atoms with E-state index in [1.165, 1.54) is 64.5 Å². The van der Waals surface area contributed by atoms with Gasteiger partial charge in [-0.25, -0.2) is 0 Å². The summed E-state index contributed by atoms with van der Waals surface area (Å²) in [5.74, 6) is 0.956. The minimum atomic E-state index is 0.557.